The molecule has 2 aromatic heterocycles. The molecular formula is C15H18N4. The predicted octanol–water partition coefficient (Wildman–Crippen LogP) is 2.31. The number of nitrogens with zero attached hydrogens (tertiary/aromatic N) is 3. The molecule has 98 valence electrons. The first-order valence-corrected chi connectivity index (χ1v) is 6.86. The molecule has 4 heteroatoms. The van der Waals surface area contributed by atoms with Gasteiger partial charge in [0.15, 0.2) is 0 Å². The first kappa shape index (κ1) is 12.1. The molecule has 0 radical (unpaired) electrons. The maximum absolute atomic E-state index is 6.10. The van der Waals surface area contributed by atoms with Gasteiger partial charge in [0.05, 0.1) is 0 Å². The molecule has 0 aromatic carbocycles. The lowest BCUT2D eigenvalue weighted by Crippen LogP contribution is -2.09. The van der Waals surface area contributed by atoms with Crippen LogP contribution in [0.15, 0.2) is 24.5 Å². The molecule has 2 heterocycles. The quantitative estimate of drug-likeness (QED) is 0.835. The molecule has 0 unspecified atom stereocenters. The highest BCUT2D eigenvalue weighted by atomic mass is 15.0. The summed E-state index contributed by atoms with van der Waals surface area (Å²) in [6, 6.07) is 3.98. The van der Waals surface area contributed by atoms with E-state index in [1.54, 1.807) is 12.4 Å². The van der Waals surface area contributed by atoms with Crippen LogP contribution in [-0.2, 0) is 19.3 Å². The summed E-state index contributed by atoms with van der Waals surface area (Å²) in [4.78, 5) is 13.2. The summed E-state index contributed by atoms with van der Waals surface area (Å²) in [5, 5.41) is 0. The summed E-state index contributed by atoms with van der Waals surface area (Å²) < 4.78 is 0. The Hall–Kier alpha value is -1.97. The second-order valence-electron chi connectivity index (χ2n) is 5.04. The molecule has 1 aliphatic rings. The lowest BCUT2D eigenvalue weighted by molar-refractivity contribution is 0.708. The molecule has 0 aliphatic heterocycles. The van der Waals surface area contributed by atoms with Crippen LogP contribution in [0, 0.1) is 0 Å². The van der Waals surface area contributed by atoms with Crippen LogP contribution in [0.25, 0.3) is 0 Å². The average molecular weight is 254 g/mol. The second-order valence-corrected chi connectivity index (χ2v) is 5.04. The van der Waals surface area contributed by atoms with E-state index in [9.17, 15) is 0 Å². The van der Waals surface area contributed by atoms with Crippen molar-refractivity contribution in [3.8, 4) is 0 Å². The van der Waals surface area contributed by atoms with Crippen molar-refractivity contribution in [3.63, 3.8) is 0 Å². The zero-order valence-electron chi connectivity index (χ0n) is 11.0. The van der Waals surface area contributed by atoms with Crippen LogP contribution in [0.1, 0.15) is 41.9 Å². The van der Waals surface area contributed by atoms with Crippen molar-refractivity contribution in [2.24, 2.45) is 0 Å². The Balaban J connectivity index is 1.91. The second kappa shape index (κ2) is 5.34. The minimum atomic E-state index is 0.677. The number of aryl methyl sites for hydroxylation is 1. The van der Waals surface area contributed by atoms with Gasteiger partial charge >= 0.3 is 0 Å². The van der Waals surface area contributed by atoms with Crippen molar-refractivity contribution < 1.29 is 0 Å². The summed E-state index contributed by atoms with van der Waals surface area (Å²) in [6.45, 7) is 0. The molecule has 1 aliphatic carbocycles. The van der Waals surface area contributed by atoms with Crippen LogP contribution in [0.5, 0.6) is 0 Å². The fourth-order valence-corrected chi connectivity index (χ4v) is 2.62. The Labute approximate surface area is 113 Å². The van der Waals surface area contributed by atoms with Gasteiger partial charge in [0.25, 0.3) is 0 Å². The molecule has 3 rings (SSSR count). The Morgan fingerprint density at radius 1 is 1.00 bits per heavy atom. The number of hydrogen-bond donors (Lipinski definition) is 1. The van der Waals surface area contributed by atoms with Gasteiger partial charge in [-0.1, -0.05) is 6.42 Å². The normalized spacial score (nSPS) is 14.7. The van der Waals surface area contributed by atoms with E-state index < -0.39 is 0 Å². The third-order valence-corrected chi connectivity index (χ3v) is 3.62. The van der Waals surface area contributed by atoms with Crippen molar-refractivity contribution in [1.82, 2.24) is 15.0 Å². The molecule has 0 atom stereocenters. The van der Waals surface area contributed by atoms with E-state index in [1.807, 2.05) is 12.1 Å². The van der Waals surface area contributed by atoms with Gasteiger partial charge in [-0.2, -0.15) is 0 Å². The zero-order chi connectivity index (χ0) is 13.1. The number of nitrogen functional groups attached to an aromatic ring is 1. The van der Waals surface area contributed by atoms with E-state index in [1.165, 1.54) is 30.4 Å². The molecular weight excluding hydrogens is 236 g/mol. The molecule has 2 N–H and O–H groups in total. The summed E-state index contributed by atoms with van der Waals surface area (Å²) in [5.41, 5.74) is 9.61. The summed E-state index contributed by atoms with van der Waals surface area (Å²) in [5.74, 6) is 1.50. The van der Waals surface area contributed by atoms with Crippen molar-refractivity contribution in [1.29, 1.82) is 0 Å². The highest BCUT2D eigenvalue weighted by molar-refractivity contribution is 5.43. The van der Waals surface area contributed by atoms with Crippen LogP contribution in [-0.4, -0.2) is 15.0 Å². The standard InChI is InChI=1S/C15H18N4/c16-15-12-4-2-1-3-5-13(12)18-14(19-15)10-11-6-8-17-9-7-11/h6-9H,1-5,10H2,(H2,16,18,19). The van der Waals surface area contributed by atoms with E-state index in [-0.39, 0.29) is 0 Å². The smallest absolute Gasteiger partial charge is 0.135 e. The van der Waals surface area contributed by atoms with Gasteiger partial charge in [0, 0.05) is 30.1 Å². The molecule has 0 spiro atoms. The summed E-state index contributed by atoms with van der Waals surface area (Å²) in [6.07, 6.45) is 10.0. The number of hydrogen-bond acceptors (Lipinski definition) is 4. The monoisotopic (exact) mass is 254 g/mol. The molecule has 0 saturated carbocycles. The minimum Gasteiger partial charge on any atom is -0.383 e. The maximum atomic E-state index is 6.10. The maximum Gasteiger partial charge on any atom is 0.135 e. The molecule has 4 nitrogen and oxygen atoms in total. The van der Waals surface area contributed by atoms with Crippen LogP contribution in [0.3, 0.4) is 0 Å². The third kappa shape index (κ3) is 2.72. The number of nitrogens with two attached hydrogens (primary N) is 1. The van der Waals surface area contributed by atoms with Gasteiger partial charge in [-0.05, 0) is 43.4 Å². The van der Waals surface area contributed by atoms with Gasteiger partial charge < -0.3 is 5.73 Å². The van der Waals surface area contributed by atoms with E-state index in [0.29, 0.717) is 5.82 Å². The Morgan fingerprint density at radius 3 is 2.63 bits per heavy atom. The molecule has 2 aromatic rings. The topological polar surface area (TPSA) is 64.7 Å². The molecule has 19 heavy (non-hydrogen) atoms. The lowest BCUT2D eigenvalue weighted by Gasteiger charge is -2.10. The predicted molar refractivity (Wildman–Crippen MR) is 74.7 cm³/mol. The van der Waals surface area contributed by atoms with Crippen LogP contribution in [0.4, 0.5) is 5.82 Å². The van der Waals surface area contributed by atoms with Crippen molar-refractivity contribution in [2.45, 2.75) is 38.5 Å². The minimum absolute atomic E-state index is 0.677. The number of fused-ring (bicyclic) bond motifs is 1. The number of aromatic nitrogens is 3. The molecule has 0 bridgehead atoms. The zero-order valence-corrected chi connectivity index (χ0v) is 11.0. The highest BCUT2D eigenvalue weighted by Gasteiger charge is 2.15. The third-order valence-electron chi connectivity index (χ3n) is 3.62. The van der Waals surface area contributed by atoms with Crippen LogP contribution >= 0.6 is 0 Å². The van der Waals surface area contributed by atoms with E-state index in [4.69, 9.17) is 10.7 Å². The van der Waals surface area contributed by atoms with Crippen molar-refractivity contribution in [3.05, 3.63) is 47.2 Å². The van der Waals surface area contributed by atoms with Crippen molar-refractivity contribution in [2.75, 3.05) is 5.73 Å². The largest absolute Gasteiger partial charge is 0.383 e. The van der Waals surface area contributed by atoms with Gasteiger partial charge in [0.1, 0.15) is 11.6 Å². The summed E-state index contributed by atoms with van der Waals surface area (Å²) in [7, 11) is 0. The Kier molecular flexibility index (Phi) is 3.40. The lowest BCUT2D eigenvalue weighted by atomic mass is 10.1. The number of rotatable bonds is 2. The molecule has 0 amide bonds. The molecule has 0 saturated heterocycles. The SMILES string of the molecule is Nc1nc(Cc2ccncc2)nc2c1CCCCC2. The van der Waals surface area contributed by atoms with E-state index >= 15 is 0 Å². The van der Waals surface area contributed by atoms with Crippen molar-refractivity contribution >= 4 is 5.82 Å². The van der Waals surface area contributed by atoms with Gasteiger partial charge in [0.2, 0.25) is 0 Å². The molecule has 0 fully saturated rings. The van der Waals surface area contributed by atoms with E-state index in [0.717, 1.165) is 30.8 Å². The van der Waals surface area contributed by atoms with Crippen LogP contribution in [0.2, 0.25) is 0 Å². The van der Waals surface area contributed by atoms with Crippen LogP contribution < -0.4 is 5.73 Å². The first-order valence-electron chi connectivity index (χ1n) is 6.86. The number of pyridine rings is 1. The highest BCUT2D eigenvalue weighted by Crippen LogP contribution is 2.23. The Morgan fingerprint density at radius 2 is 1.79 bits per heavy atom. The fourth-order valence-electron chi connectivity index (χ4n) is 2.62. The van der Waals surface area contributed by atoms with E-state index in [2.05, 4.69) is 9.97 Å². The van der Waals surface area contributed by atoms with Gasteiger partial charge in [-0.25, -0.2) is 9.97 Å². The average Bonchev–Trinajstić information content (AvgIpc) is 2.65. The van der Waals surface area contributed by atoms with Gasteiger partial charge in [-0.15, -0.1) is 0 Å². The first-order chi connectivity index (χ1) is 9.33. The Bertz CT molecular complexity index is 566. The van der Waals surface area contributed by atoms with Gasteiger partial charge in [-0.3, -0.25) is 4.98 Å². The number of anilines is 1. The fraction of sp³-hybridized carbons (Fsp3) is 0.400. The summed E-state index contributed by atoms with van der Waals surface area (Å²) >= 11 is 0.